The molecule has 0 fully saturated rings. The highest BCUT2D eigenvalue weighted by Crippen LogP contribution is 2.27. The molecule has 104 valence electrons. The molecule has 0 saturated heterocycles. The molecule has 2 heterocycles. The fourth-order valence-corrected chi connectivity index (χ4v) is 2.59. The van der Waals surface area contributed by atoms with Crippen molar-refractivity contribution < 1.29 is 5.21 Å². The van der Waals surface area contributed by atoms with Crippen molar-refractivity contribution in [1.29, 1.82) is 0 Å². The van der Waals surface area contributed by atoms with Crippen LogP contribution in [-0.4, -0.2) is 32.2 Å². The van der Waals surface area contributed by atoms with Gasteiger partial charge in [0.25, 0.3) is 0 Å². The highest BCUT2D eigenvalue weighted by molar-refractivity contribution is 6.05. The summed E-state index contributed by atoms with van der Waals surface area (Å²) in [6, 6.07) is 8.03. The van der Waals surface area contributed by atoms with Gasteiger partial charge in [-0.05, 0) is 18.9 Å². The van der Waals surface area contributed by atoms with Gasteiger partial charge in [0.1, 0.15) is 12.2 Å². The summed E-state index contributed by atoms with van der Waals surface area (Å²) in [6.07, 6.45) is 3.30. The second kappa shape index (κ2) is 5.32. The molecular formula is C14H17N5O. The van der Waals surface area contributed by atoms with Crippen LogP contribution in [0, 0.1) is 0 Å². The average Bonchev–Trinajstić information content (AvgIpc) is 2.79. The molecule has 0 spiro atoms. The van der Waals surface area contributed by atoms with Gasteiger partial charge in [-0.1, -0.05) is 23.4 Å². The molecule has 0 unspecified atom stereocenters. The molecule has 2 aromatic rings. The Morgan fingerprint density at radius 2 is 2.20 bits per heavy atom. The third kappa shape index (κ3) is 2.24. The van der Waals surface area contributed by atoms with Crippen molar-refractivity contribution in [2.45, 2.75) is 19.4 Å². The zero-order valence-electron chi connectivity index (χ0n) is 11.4. The number of rotatable bonds is 2. The second-order valence-corrected chi connectivity index (χ2v) is 4.89. The molecule has 1 aromatic heterocycles. The van der Waals surface area contributed by atoms with Crippen molar-refractivity contribution in [1.82, 2.24) is 14.8 Å². The molecule has 6 nitrogen and oxygen atoms in total. The largest absolute Gasteiger partial charge is 0.411 e. The molecule has 0 bridgehead atoms. The number of para-hydroxylation sites is 1. The maximum absolute atomic E-state index is 9.19. The Morgan fingerprint density at radius 3 is 2.95 bits per heavy atom. The highest BCUT2D eigenvalue weighted by atomic mass is 16.4. The van der Waals surface area contributed by atoms with Crippen molar-refractivity contribution in [2.24, 2.45) is 12.2 Å². The standard InChI is InChI=1S/C14H17N5O/c1-18-14(15-10-16-18)9-19-8-4-6-12(17-20)11-5-2-3-7-13(11)19/h2-3,5,7,10,20H,4,6,8-9H2,1H3/b17-12-. The van der Waals surface area contributed by atoms with E-state index in [0.717, 1.165) is 42.2 Å². The Morgan fingerprint density at radius 1 is 1.35 bits per heavy atom. The van der Waals surface area contributed by atoms with Gasteiger partial charge in [-0.25, -0.2) is 4.98 Å². The molecule has 1 aromatic carbocycles. The Hall–Kier alpha value is -2.37. The molecule has 0 atom stereocenters. The molecule has 0 amide bonds. The van der Waals surface area contributed by atoms with Gasteiger partial charge in [-0.3, -0.25) is 4.68 Å². The number of benzene rings is 1. The first-order valence-corrected chi connectivity index (χ1v) is 6.67. The predicted octanol–water partition coefficient (Wildman–Crippen LogP) is 1.79. The number of fused-ring (bicyclic) bond motifs is 1. The lowest BCUT2D eigenvalue weighted by molar-refractivity contribution is 0.318. The molecule has 1 aliphatic heterocycles. The maximum atomic E-state index is 9.19. The van der Waals surface area contributed by atoms with Gasteiger partial charge >= 0.3 is 0 Å². The molecular weight excluding hydrogens is 254 g/mol. The van der Waals surface area contributed by atoms with Crippen LogP contribution in [0.3, 0.4) is 0 Å². The van der Waals surface area contributed by atoms with E-state index in [1.54, 1.807) is 11.0 Å². The molecule has 0 radical (unpaired) electrons. The topological polar surface area (TPSA) is 66.5 Å². The van der Waals surface area contributed by atoms with Gasteiger partial charge in [-0.15, -0.1) is 0 Å². The molecule has 3 rings (SSSR count). The van der Waals surface area contributed by atoms with Crippen molar-refractivity contribution in [3.8, 4) is 0 Å². The van der Waals surface area contributed by atoms with E-state index in [0.29, 0.717) is 6.54 Å². The van der Waals surface area contributed by atoms with E-state index in [-0.39, 0.29) is 0 Å². The lowest BCUT2D eigenvalue weighted by Gasteiger charge is -2.24. The normalized spacial score (nSPS) is 17.1. The van der Waals surface area contributed by atoms with Gasteiger partial charge in [0.15, 0.2) is 0 Å². The molecule has 0 saturated carbocycles. The third-order valence-corrected chi connectivity index (χ3v) is 3.66. The summed E-state index contributed by atoms with van der Waals surface area (Å²) in [5.41, 5.74) is 2.83. The Labute approximate surface area is 117 Å². The lowest BCUT2D eigenvalue weighted by atomic mass is 10.1. The highest BCUT2D eigenvalue weighted by Gasteiger charge is 2.20. The number of nitrogens with zero attached hydrogens (tertiary/aromatic N) is 5. The number of anilines is 1. The maximum Gasteiger partial charge on any atom is 0.146 e. The van der Waals surface area contributed by atoms with Crippen LogP contribution >= 0.6 is 0 Å². The summed E-state index contributed by atoms with van der Waals surface area (Å²) in [4.78, 5) is 6.54. The van der Waals surface area contributed by atoms with E-state index in [1.165, 1.54) is 0 Å². The van der Waals surface area contributed by atoms with Gasteiger partial charge in [0, 0.05) is 24.8 Å². The van der Waals surface area contributed by atoms with Crippen LogP contribution < -0.4 is 4.90 Å². The first-order chi connectivity index (χ1) is 9.79. The van der Waals surface area contributed by atoms with Gasteiger partial charge in [-0.2, -0.15) is 5.10 Å². The summed E-state index contributed by atoms with van der Waals surface area (Å²) >= 11 is 0. The van der Waals surface area contributed by atoms with Crippen molar-refractivity contribution in [3.05, 3.63) is 42.0 Å². The molecule has 1 N–H and O–H groups in total. The van der Waals surface area contributed by atoms with Crippen LogP contribution in [-0.2, 0) is 13.6 Å². The Balaban J connectivity index is 1.97. The van der Waals surface area contributed by atoms with E-state index < -0.39 is 0 Å². The van der Waals surface area contributed by atoms with Crippen LogP contribution in [0.2, 0.25) is 0 Å². The minimum atomic E-state index is 0.701. The van der Waals surface area contributed by atoms with E-state index in [2.05, 4.69) is 26.2 Å². The van der Waals surface area contributed by atoms with Crippen LogP contribution in [0.4, 0.5) is 5.69 Å². The predicted molar refractivity (Wildman–Crippen MR) is 76.1 cm³/mol. The molecule has 20 heavy (non-hydrogen) atoms. The van der Waals surface area contributed by atoms with Gasteiger partial charge < -0.3 is 10.1 Å². The van der Waals surface area contributed by atoms with Crippen molar-refractivity contribution in [2.75, 3.05) is 11.4 Å². The average molecular weight is 271 g/mol. The first kappa shape index (κ1) is 12.7. The van der Waals surface area contributed by atoms with E-state index in [4.69, 9.17) is 0 Å². The summed E-state index contributed by atoms with van der Waals surface area (Å²) in [7, 11) is 1.90. The smallest absolute Gasteiger partial charge is 0.146 e. The zero-order chi connectivity index (χ0) is 13.9. The van der Waals surface area contributed by atoms with E-state index in [9.17, 15) is 5.21 Å². The Kier molecular flexibility index (Phi) is 3.37. The summed E-state index contributed by atoms with van der Waals surface area (Å²) < 4.78 is 1.79. The molecule has 1 aliphatic rings. The first-order valence-electron chi connectivity index (χ1n) is 6.67. The minimum Gasteiger partial charge on any atom is -0.411 e. The van der Waals surface area contributed by atoms with Crippen LogP contribution in [0.1, 0.15) is 24.2 Å². The number of hydrogen-bond donors (Lipinski definition) is 1. The fraction of sp³-hybridized carbons (Fsp3) is 0.357. The molecule has 0 aliphatic carbocycles. The SMILES string of the molecule is Cn1ncnc1CN1CCC/C(=N/O)c2ccccc21. The van der Waals surface area contributed by atoms with Crippen LogP contribution in [0.15, 0.2) is 35.7 Å². The quantitative estimate of drug-likeness (QED) is 0.668. The monoisotopic (exact) mass is 271 g/mol. The van der Waals surface area contributed by atoms with Crippen molar-refractivity contribution in [3.63, 3.8) is 0 Å². The number of aromatic nitrogens is 3. The fourth-order valence-electron chi connectivity index (χ4n) is 2.59. The number of oxime groups is 1. The summed E-state index contributed by atoms with van der Waals surface area (Å²) in [5, 5.41) is 16.8. The number of hydrogen-bond acceptors (Lipinski definition) is 5. The molecule has 6 heteroatoms. The summed E-state index contributed by atoms with van der Waals surface area (Å²) in [5.74, 6) is 0.921. The number of aryl methyl sites for hydroxylation is 1. The van der Waals surface area contributed by atoms with Crippen LogP contribution in [0.5, 0.6) is 0 Å². The van der Waals surface area contributed by atoms with E-state index in [1.807, 2.05) is 25.2 Å². The van der Waals surface area contributed by atoms with E-state index >= 15 is 0 Å². The minimum absolute atomic E-state index is 0.701. The zero-order valence-corrected chi connectivity index (χ0v) is 11.4. The second-order valence-electron chi connectivity index (χ2n) is 4.89. The Bertz CT molecular complexity index is 634. The third-order valence-electron chi connectivity index (χ3n) is 3.66. The van der Waals surface area contributed by atoms with Crippen molar-refractivity contribution >= 4 is 11.4 Å². The van der Waals surface area contributed by atoms with Crippen LogP contribution in [0.25, 0.3) is 0 Å². The van der Waals surface area contributed by atoms with Gasteiger partial charge in [0.05, 0.1) is 12.3 Å². The van der Waals surface area contributed by atoms with Gasteiger partial charge in [0.2, 0.25) is 0 Å². The lowest BCUT2D eigenvalue weighted by Crippen LogP contribution is -2.25. The summed E-state index contributed by atoms with van der Waals surface area (Å²) in [6.45, 7) is 1.61.